The fourth-order valence-corrected chi connectivity index (χ4v) is 17.8. The van der Waals surface area contributed by atoms with E-state index >= 15 is 0 Å². The second-order valence-electron chi connectivity index (χ2n) is 27.6. The zero-order chi connectivity index (χ0) is 74.4. The summed E-state index contributed by atoms with van der Waals surface area (Å²) in [6, 6.07) is 11.6. The number of likely N-dealkylation sites (N-methyl/N-ethyl adjacent to an activating group) is 2. The largest absolute Gasteiger partial charge is 0.508 e. The van der Waals surface area contributed by atoms with E-state index in [1.54, 1.807) is 52.2 Å². The molecule has 101 heavy (non-hydrogen) atoms. The van der Waals surface area contributed by atoms with Crippen LogP contribution in [0.25, 0.3) is 11.5 Å². The van der Waals surface area contributed by atoms with Gasteiger partial charge >= 0.3 is 5.97 Å². The number of carboxylic acid groups (broad SMARTS) is 1. The van der Waals surface area contributed by atoms with Crippen LogP contribution in [0.1, 0.15) is 62.8 Å². The number of β-lactam (4-membered cyclic amide) rings is 1. The van der Waals surface area contributed by atoms with Crippen molar-refractivity contribution in [2.24, 2.45) is 23.7 Å². The number of carbonyl (C=O) groups is 9. The van der Waals surface area contributed by atoms with Crippen molar-refractivity contribution in [1.82, 2.24) is 40.4 Å². The van der Waals surface area contributed by atoms with E-state index in [0.29, 0.717) is 38.5 Å². The number of phenols is 2. The molecule has 16 N–H and O–H groups in total. The number of β-amino-alcohol motifs (C(OH)–C–C–N with tert-alkyl or cyclic N) is 1. The maximum atomic E-state index is 14.1. The van der Waals surface area contributed by atoms with Crippen molar-refractivity contribution in [1.29, 1.82) is 0 Å². The topological polar surface area (TPSA) is 478 Å². The number of carboxylic acids is 1. The molecule has 0 radical (unpaired) electrons. The van der Waals surface area contributed by atoms with Crippen molar-refractivity contribution in [3.63, 3.8) is 0 Å². The lowest BCUT2D eigenvalue weighted by atomic mass is 9.54. The number of ketones is 4. The number of carbonyl (C=O) groups excluding carboxylic acids is 8. The van der Waals surface area contributed by atoms with E-state index in [9.17, 15) is 99.3 Å². The third-order valence-electron chi connectivity index (χ3n) is 20.7. The Bertz CT molecular complexity index is 4090. The van der Waals surface area contributed by atoms with Crippen LogP contribution in [-0.4, -0.2) is 277 Å². The second-order valence-corrected chi connectivity index (χ2v) is 29.7. The number of nitrogens with zero attached hydrogens (tertiary/aromatic N) is 5. The Labute approximate surface area is 587 Å². The molecule has 13 atom stereocenters. The molecule has 3 heterocycles. The molecule has 3 aromatic rings. The second kappa shape index (κ2) is 27.7. The molecule has 5 fully saturated rings. The predicted octanol–water partition coefficient (Wildman–Crippen LogP) is -0.612. The Morgan fingerprint density at radius 3 is 1.67 bits per heavy atom. The summed E-state index contributed by atoms with van der Waals surface area (Å²) in [6.07, 6.45) is -0.483. The summed E-state index contributed by atoms with van der Waals surface area (Å²) in [5, 5.41) is 147. The molecule has 0 bridgehead atoms. The van der Waals surface area contributed by atoms with Crippen molar-refractivity contribution in [2.45, 2.75) is 97.2 Å². The molecule has 31 nitrogen and oxygen atoms in total. The minimum atomic E-state index is -2.83. The molecule has 544 valence electrons. The minimum absolute atomic E-state index is 0.0104. The van der Waals surface area contributed by atoms with Crippen LogP contribution in [0.3, 0.4) is 0 Å². The number of aliphatic carboxylic acids is 1. The van der Waals surface area contributed by atoms with Crippen molar-refractivity contribution in [3.05, 3.63) is 122 Å². The van der Waals surface area contributed by atoms with E-state index in [1.807, 2.05) is 16.3 Å². The number of aromatic hydroxyl groups is 2. The molecule has 12 rings (SSSR count). The molecule has 33 heteroatoms. The normalized spacial score (nSPS) is 31.0. The Hall–Kier alpha value is -8.51. The van der Waals surface area contributed by atoms with Gasteiger partial charge < -0.3 is 92.0 Å². The summed E-state index contributed by atoms with van der Waals surface area (Å²) < 4.78 is 4.74. The molecule has 6 aliphatic carbocycles. The maximum absolute atomic E-state index is 14.1. The van der Waals surface area contributed by atoms with Crippen molar-refractivity contribution in [3.8, 4) is 17.2 Å². The molecule has 9 aliphatic rings. The molecule has 2 saturated carbocycles. The Morgan fingerprint density at radius 1 is 0.653 bits per heavy atom. The van der Waals surface area contributed by atoms with Gasteiger partial charge in [0.25, 0.3) is 17.7 Å². The predicted molar refractivity (Wildman–Crippen MR) is 358 cm³/mol. The lowest BCUT2D eigenvalue weighted by Gasteiger charge is -2.53. The lowest BCUT2D eigenvalue weighted by Crippen LogP contribution is -2.70. The van der Waals surface area contributed by atoms with Gasteiger partial charge in [-0.25, -0.2) is 4.79 Å². The van der Waals surface area contributed by atoms with Crippen LogP contribution in [0.5, 0.6) is 17.2 Å². The zero-order valence-electron chi connectivity index (χ0n) is 56.2. The van der Waals surface area contributed by atoms with Crippen LogP contribution in [-0.2, 0) is 54.4 Å². The van der Waals surface area contributed by atoms with Crippen LogP contribution >= 0.6 is 23.4 Å². The monoisotopic (exact) mass is 1440 g/mol. The molecule has 3 aromatic carbocycles. The average molecular weight is 1450 g/mol. The molecular formula is C68H81ClN8O23S. The number of aliphatic hydroxyl groups is 10. The van der Waals surface area contributed by atoms with Crippen LogP contribution in [0.4, 0.5) is 0 Å². The highest BCUT2D eigenvalue weighted by Gasteiger charge is 2.69. The number of aliphatic hydroxyl groups excluding tert-OH is 6. The van der Waals surface area contributed by atoms with Crippen LogP contribution in [0.15, 0.2) is 94.5 Å². The van der Waals surface area contributed by atoms with Gasteiger partial charge in [0.1, 0.15) is 75.6 Å². The molecule has 3 saturated heterocycles. The van der Waals surface area contributed by atoms with E-state index < -0.39 is 180 Å². The van der Waals surface area contributed by atoms with Gasteiger partial charge in [-0.15, -0.1) is 11.8 Å². The third-order valence-corrected chi connectivity index (χ3v) is 22.6. The van der Waals surface area contributed by atoms with E-state index in [-0.39, 0.29) is 77.0 Å². The highest BCUT2D eigenvalue weighted by molar-refractivity contribution is 8.01. The molecule has 0 spiro atoms. The number of halogens is 1. The highest BCUT2D eigenvalue weighted by Crippen LogP contribution is 2.60. The van der Waals surface area contributed by atoms with Crippen LogP contribution in [0.2, 0.25) is 5.02 Å². The number of amides is 4. The molecule has 3 aliphatic heterocycles. The van der Waals surface area contributed by atoms with Gasteiger partial charge in [0, 0.05) is 82.9 Å². The van der Waals surface area contributed by atoms with Crippen LogP contribution < -0.4 is 20.7 Å². The van der Waals surface area contributed by atoms with Gasteiger partial charge in [-0.1, -0.05) is 41.9 Å². The highest BCUT2D eigenvalue weighted by atomic mass is 35.5. The number of fused-ring (bicyclic) bond motifs is 7. The SMILES string of the molecule is CC1(C)S[C@@H]2[C@H](NC(=O)COc3ccccc3)C(=O)N2[C@H]1C(=O)O.CN(C)[C@@H]1C(=O)C(C(=O)NCN2CCN(CCO)CC2)=C(O)[C@@]2(O)C(=O)C3=C(O)c4c(O)cccc4[C@@](C)(O)C3C[C@@H]12.CN(C)[C@@H]1C(=O)C(C(=O)NCO)=C(O)[C@@]2(O)C(=O)C3=C(O)c4c(O)ccc(Cl)c4[C@@](C)(O)[C@H]3C[C@@H]12. The summed E-state index contributed by atoms with van der Waals surface area (Å²) in [7, 11) is 6.05. The maximum Gasteiger partial charge on any atom is 0.327 e. The summed E-state index contributed by atoms with van der Waals surface area (Å²) >= 11 is 7.68. The number of piperazine rings is 1. The van der Waals surface area contributed by atoms with E-state index in [1.165, 1.54) is 78.7 Å². The van der Waals surface area contributed by atoms with Crippen molar-refractivity contribution in [2.75, 3.05) is 87.5 Å². The summed E-state index contributed by atoms with van der Waals surface area (Å²) in [5.41, 5.74) is -12.2. The van der Waals surface area contributed by atoms with Gasteiger partial charge in [-0.05, 0) is 105 Å². The molecule has 4 amide bonds. The fourth-order valence-electron chi connectivity index (χ4n) is 15.8. The number of hydrogen-bond donors (Lipinski definition) is 16. The number of ether oxygens (including phenoxy) is 1. The number of hydrogen-bond acceptors (Lipinski definition) is 27. The summed E-state index contributed by atoms with van der Waals surface area (Å²) in [6.45, 7) is 8.42. The fraction of sp³-hybridized carbons (Fsp3) is 0.485. The third kappa shape index (κ3) is 12.4. The van der Waals surface area contributed by atoms with Gasteiger partial charge in [-0.2, -0.15) is 0 Å². The Morgan fingerprint density at radius 2 is 1.16 bits per heavy atom. The summed E-state index contributed by atoms with van der Waals surface area (Å²) in [5.74, 6) is -17.0. The Kier molecular flexibility index (Phi) is 20.6. The standard InChI is InChI=1S/C29H38N4O9.C23H25ClN2O9.C16H18N2O5S/c1-28(41)15-5-4-6-18(35)19(15)23(36)20-16(28)13-17-22(31(2)3)24(37)21(26(39)29(17,42)25(20)38)27(40)30-14-33-9-7-32(8-10-33)11-12-34;1-22(34)8-6-9-16(26(2)3)18(30)14(21(33)25-7-27)20(32)23(9,35)19(31)12(8)17(29)13-11(28)5-4-10(24)15(13)22;1-16(2)12(15(21)22)18-13(20)11(14(18)24-16)17-10(19)8-23-9-6-4-3-5-7-9/h4-6,16-17,22,34-36,39,41-42H,7-14H2,1-3H3,(H,30,40);4-5,8-9,16,27-29,32,34-35H,6-7H2,1-3H3,(H,25,33);3-7,11-12,14H,8H2,1-2H3,(H,17,19)(H,21,22)/t16?,17-,22-,28+,29-;8-,9-,16-,22-,23-;11-,12+,14-/m001/s1. The Balaban J connectivity index is 0.000000169. The van der Waals surface area contributed by atoms with E-state index in [2.05, 4.69) is 15.5 Å². The zero-order valence-corrected chi connectivity index (χ0v) is 57.7. The van der Waals surface area contributed by atoms with Crippen molar-refractivity contribution >= 4 is 87.6 Å². The summed E-state index contributed by atoms with van der Waals surface area (Å²) in [4.78, 5) is 125. The van der Waals surface area contributed by atoms with E-state index in [4.69, 9.17) is 26.6 Å². The minimum Gasteiger partial charge on any atom is -0.508 e. The number of benzene rings is 3. The number of rotatable bonds is 14. The first-order valence-corrected chi connectivity index (χ1v) is 33.5. The van der Waals surface area contributed by atoms with Gasteiger partial charge in [0.2, 0.25) is 17.5 Å². The first-order chi connectivity index (χ1) is 47.3. The van der Waals surface area contributed by atoms with Gasteiger partial charge in [0.15, 0.2) is 29.4 Å². The average Bonchev–Trinajstić information content (AvgIpc) is 1.48. The number of para-hydroxylation sites is 1. The van der Waals surface area contributed by atoms with E-state index in [0.717, 1.165) is 6.07 Å². The smallest absolute Gasteiger partial charge is 0.327 e. The number of phenolic OH excluding ortho intramolecular Hbond substituents is 2. The van der Waals surface area contributed by atoms with Crippen molar-refractivity contribution < 1.29 is 114 Å². The van der Waals surface area contributed by atoms with Crippen LogP contribution in [0, 0.1) is 23.7 Å². The molecule has 0 aromatic heterocycles. The number of nitrogens with one attached hydrogen (secondary N) is 3. The first kappa shape index (κ1) is 75.2. The number of Topliss-reactive ketones (excluding diaryl/α,β-unsaturated/α-hetero) is 4. The van der Waals surface area contributed by atoms with Gasteiger partial charge in [-0.3, -0.25) is 58.0 Å². The molecule has 1 unspecified atom stereocenters. The quantitative estimate of drug-likeness (QED) is 0.0544. The van der Waals surface area contributed by atoms with Gasteiger partial charge in [0.05, 0.1) is 47.7 Å². The number of thioether (sulfide) groups is 1. The molecular weight excluding hydrogens is 1360 g/mol. The lowest BCUT2D eigenvalue weighted by molar-refractivity contribution is -0.161. The first-order valence-electron chi connectivity index (χ1n) is 32.2.